The molecule has 1 aliphatic rings. The van der Waals surface area contributed by atoms with Crippen molar-refractivity contribution in [2.75, 3.05) is 5.32 Å². The van der Waals surface area contributed by atoms with E-state index in [1.54, 1.807) is 0 Å². The Bertz CT molecular complexity index is 908. The molecule has 1 aromatic carbocycles. The van der Waals surface area contributed by atoms with Crippen LogP contribution in [0.1, 0.15) is 48.2 Å². The van der Waals surface area contributed by atoms with E-state index in [9.17, 15) is 0 Å². The average molecular weight is 335 g/mol. The van der Waals surface area contributed by atoms with E-state index in [1.807, 2.05) is 17.6 Å². The zero-order valence-corrected chi connectivity index (χ0v) is 15.2. The number of aryl methyl sites for hydroxylation is 4. The van der Waals surface area contributed by atoms with Gasteiger partial charge < -0.3 is 5.32 Å². The fourth-order valence-corrected chi connectivity index (χ4v) is 3.35. The molecule has 0 amide bonds. The third-order valence-electron chi connectivity index (χ3n) is 4.94. The highest BCUT2D eigenvalue weighted by atomic mass is 15.3. The fraction of sp³-hybridized carbons (Fsp3) is 0.450. The third kappa shape index (κ3) is 3.50. The number of aromatic nitrogens is 4. The Labute approximate surface area is 148 Å². The van der Waals surface area contributed by atoms with Crippen LogP contribution in [0.25, 0.3) is 5.65 Å². The van der Waals surface area contributed by atoms with Gasteiger partial charge in [0.05, 0.1) is 6.20 Å². The highest BCUT2D eigenvalue weighted by Gasteiger charge is 2.20. The first-order valence-corrected chi connectivity index (χ1v) is 9.15. The Hall–Kier alpha value is -2.43. The molecule has 0 aliphatic heterocycles. The molecule has 4 rings (SSSR count). The Morgan fingerprint density at radius 3 is 2.76 bits per heavy atom. The average Bonchev–Trinajstić information content (AvgIpc) is 3.30. The molecule has 25 heavy (non-hydrogen) atoms. The van der Waals surface area contributed by atoms with Gasteiger partial charge in [-0.15, -0.1) is 0 Å². The molecule has 0 atom stereocenters. The zero-order valence-electron chi connectivity index (χ0n) is 15.2. The number of hydrogen-bond donors (Lipinski definition) is 1. The molecule has 1 saturated carbocycles. The maximum Gasteiger partial charge on any atom is 0.232 e. The second-order valence-corrected chi connectivity index (χ2v) is 7.28. The minimum atomic E-state index is 0.725. The van der Waals surface area contributed by atoms with Crippen molar-refractivity contribution in [2.24, 2.45) is 5.92 Å². The van der Waals surface area contributed by atoms with Crippen molar-refractivity contribution in [3.05, 3.63) is 46.9 Å². The van der Waals surface area contributed by atoms with Crippen molar-refractivity contribution < 1.29 is 0 Å². The van der Waals surface area contributed by atoms with Crippen molar-refractivity contribution in [2.45, 2.75) is 52.9 Å². The standard InChI is InChI=1S/C20H25N5/c1-13-7-10-18(14(2)11-13)24-20-23-15(3)22-19-17(12-21-25(19)20)6-4-5-16-8-9-16/h7,10-12,16H,4-6,8-9H2,1-3H3,(H,22,23,24). The predicted octanol–water partition coefficient (Wildman–Crippen LogP) is 4.53. The molecule has 0 bridgehead atoms. The highest BCUT2D eigenvalue weighted by molar-refractivity contribution is 5.61. The molecule has 0 saturated heterocycles. The molecule has 2 aromatic heterocycles. The van der Waals surface area contributed by atoms with Gasteiger partial charge >= 0.3 is 0 Å². The lowest BCUT2D eigenvalue weighted by Gasteiger charge is -2.11. The van der Waals surface area contributed by atoms with E-state index in [1.165, 1.54) is 42.4 Å². The van der Waals surface area contributed by atoms with Crippen LogP contribution in [0.4, 0.5) is 11.6 Å². The smallest absolute Gasteiger partial charge is 0.232 e. The number of rotatable bonds is 6. The molecule has 2 heterocycles. The first-order chi connectivity index (χ1) is 12.1. The van der Waals surface area contributed by atoms with Gasteiger partial charge in [-0.05, 0) is 51.2 Å². The maximum atomic E-state index is 4.64. The molecule has 1 aliphatic carbocycles. The summed E-state index contributed by atoms with van der Waals surface area (Å²) in [6.07, 6.45) is 8.37. The molecule has 5 nitrogen and oxygen atoms in total. The summed E-state index contributed by atoms with van der Waals surface area (Å²) in [7, 11) is 0. The van der Waals surface area contributed by atoms with E-state index >= 15 is 0 Å². The van der Waals surface area contributed by atoms with Gasteiger partial charge in [-0.2, -0.15) is 14.6 Å². The van der Waals surface area contributed by atoms with Crippen LogP contribution < -0.4 is 5.32 Å². The van der Waals surface area contributed by atoms with E-state index in [0.29, 0.717) is 0 Å². The summed E-state index contributed by atoms with van der Waals surface area (Å²) >= 11 is 0. The summed E-state index contributed by atoms with van der Waals surface area (Å²) in [6, 6.07) is 6.36. The monoisotopic (exact) mass is 335 g/mol. The Morgan fingerprint density at radius 1 is 1.16 bits per heavy atom. The second kappa shape index (κ2) is 6.47. The first-order valence-electron chi connectivity index (χ1n) is 9.15. The van der Waals surface area contributed by atoms with Gasteiger partial charge in [0.2, 0.25) is 5.95 Å². The lowest BCUT2D eigenvalue weighted by atomic mass is 10.1. The Kier molecular flexibility index (Phi) is 4.15. The largest absolute Gasteiger partial charge is 0.324 e. The van der Waals surface area contributed by atoms with Crippen molar-refractivity contribution in [3.8, 4) is 0 Å². The highest BCUT2D eigenvalue weighted by Crippen LogP contribution is 2.34. The van der Waals surface area contributed by atoms with E-state index < -0.39 is 0 Å². The molecular weight excluding hydrogens is 310 g/mol. The van der Waals surface area contributed by atoms with Crippen LogP contribution in [0.2, 0.25) is 0 Å². The van der Waals surface area contributed by atoms with E-state index in [0.717, 1.165) is 35.4 Å². The molecular formula is C20H25N5. The van der Waals surface area contributed by atoms with Crippen molar-refractivity contribution in [3.63, 3.8) is 0 Å². The molecule has 0 unspecified atom stereocenters. The number of anilines is 2. The molecule has 5 heteroatoms. The van der Waals surface area contributed by atoms with Gasteiger partial charge in [0.1, 0.15) is 5.82 Å². The summed E-state index contributed by atoms with van der Waals surface area (Å²) < 4.78 is 1.83. The van der Waals surface area contributed by atoms with Crippen LogP contribution in [-0.4, -0.2) is 19.6 Å². The van der Waals surface area contributed by atoms with Gasteiger partial charge in [0, 0.05) is 11.3 Å². The van der Waals surface area contributed by atoms with Gasteiger partial charge in [-0.25, -0.2) is 4.98 Å². The van der Waals surface area contributed by atoms with Crippen LogP contribution in [0.3, 0.4) is 0 Å². The van der Waals surface area contributed by atoms with E-state index in [4.69, 9.17) is 0 Å². The molecule has 1 fully saturated rings. The number of fused-ring (bicyclic) bond motifs is 1. The lowest BCUT2D eigenvalue weighted by molar-refractivity contribution is 0.667. The topological polar surface area (TPSA) is 55.1 Å². The number of benzene rings is 1. The van der Waals surface area contributed by atoms with Crippen molar-refractivity contribution >= 4 is 17.3 Å². The zero-order chi connectivity index (χ0) is 17.4. The van der Waals surface area contributed by atoms with E-state index in [-0.39, 0.29) is 0 Å². The minimum Gasteiger partial charge on any atom is -0.324 e. The van der Waals surface area contributed by atoms with Crippen molar-refractivity contribution in [1.82, 2.24) is 19.6 Å². The maximum absolute atomic E-state index is 4.64. The second-order valence-electron chi connectivity index (χ2n) is 7.28. The number of hydrogen-bond acceptors (Lipinski definition) is 4. The van der Waals surface area contributed by atoms with Gasteiger partial charge in [0.25, 0.3) is 0 Å². The lowest BCUT2D eigenvalue weighted by Crippen LogP contribution is -2.07. The molecule has 0 radical (unpaired) electrons. The van der Waals surface area contributed by atoms with Gasteiger partial charge in [-0.3, -0.25) is 0 Å². The first kappa shape index (κ1) is 16.1. The summed E-state index contributed by atoms with van der Waals surface area (Å²) in [6.45, 7) is 6.15. The SMILES string of the molecule is Cc1ccc(Nc2nc(C)nc3c(CCCC4CC4)cnn23)c(C)c1. The van der Waals surface area contributed by atoms with Gasteiger partial charge in [-0.1, -0.05) is 37.0 Å². The Balaban J connectivity index is 1.62. The van der Waals surface area contributed by atoms with Crippen molar-refractivity contribution in [1.29, 1.82) is 0 Å². The van der Waals surface area contributed by atoms with E-state index in [2.05, 4.69) is 52.4 Å². The summed E-state index contributed by atoms with van der Waals surface area (Å²) in [5.74, 6) is 2.46. The molecule has 3 aromatic rings. The summed E-state index contributed by atoms with van der Waals surface area (Å²) in [4.78, 5) is 9.21. The predicted molar refractivity (Wildman–Crippen MR) is 100 cm³/mol. The van der Waals surface area contributed by atoms with Crippen LogP contribution in [0, 0.1) is 26.7 Å². The van der Waals surface area contributed by atoms with Crippen LogP contribution in [0.15, 0.2) is 24.4 Å². The number of nitrogens with one attached hydrogen (secondary N) is 1. The van der Waals surface area contributed by atoms with Crippen LogP contribution in [-0.2, 0) is 6.42 Å². The quantitative estimate of drug-likeness (QED) is 0.719. The third-order valence-corrected chi connectivity index (χ3v) is 4.94. The van der Waals surface area contributed by atoms with Crippen LogP contribution >= 0.6 is 0 Å². The molecule has 130 valence electrons. The normalized spacial score (nSPS) is 14.2. The molecule has 0 spiro atoms. The summed E-state index contributed by atoms with van der Waals surface area (Å²) in [5, 5.41) is 7.98. The minimum absolute atomic E-state index is 0.725. The number of nitrogens with zero attached hydrogens (tertiary/aromatic N) is 4. The van der Waals surface area contributed by atoms with Crippen LogP contribution in [0.5, 0.6) is 0 Å². The summed E-state index contributed by atoms with van der Waals surface area (Å²) in [5.41, 5.74) is 5.64. The van der Waals surface area contributed by atoms with Gasteiger partial charge in [0.15, 0.2) is 5.65 Å². The fourth-order valence-electron chi connectivity index (χ4n) is 3.35. The Morgan fingerprint density at radius 2 is 2.00 bits per heavy atom. The molecule has 1 N–H and O–H groups in total.